The summed E-state index contributed by atoms with van der Waals surface area (Å²) in [6.07, 6.45) is 0. The molecule has 0 saturated heterocycles. The minimum Gasteiger partial charge on any atom is -0.496 e. The zero-order valence-electron chi connectivity index (χ0n) is 11.9. The molecule has 0 radical (unpaired) electrons. The van der Waals surface area contributed by atoms with Crippen LogP contribution in [0.25, 0.3) is 0 Å². The van der Waals surface area contributed by atoms with Crippen LogP contribution in [0.3, 0.4) is 0 Å². The first-order valence-corrected chi connectivity index (χ1v) is 6.66. The van der Waals surface area contributed by atoms with Crippen molar-refractivity contribution in [2.24, 2.45) is 17.6 Å². The van der Waals surface area contributed by atoms with Gasteiger partial charge in [-0.15, -0.1) is 0 Å². The largest absolute Gasteiger partial charge is 0.496 e. The summed E-state index contributed by atoms with van der Waals surface area (Å²) in [7, 11) is 1.71. The lowest BCUT2D eigenvalue weighted by Gasteiger charge is -2.23. The first-order valence-electron chi connectivity index (χ1n) is 6.66. The molecular weight excluding hydrogens is 224 g/mol. The van der Waals surface area contributed by atoms with Crippen LogP contribution in [0.15, 0.2) is 24.3 Å². The van der Waals surface area contributed by atoms with Gasteiger partial charge in [0.25, 0.3) is 0 Å². The van der Waals surface area contributed by atoms with E-state index in [1.807, 2.05) is 18.2 Å². The van der Waals surface area contributed by atoms with Crippen molar-refractivity contribution >= 4 is 0 Å². The third-order valence-electron chi connectivity index (χ3n) is 3.54. The lowest BCUT2D eigenvalue weighted by atomic mass is 9.95. The summed E-state index contributed by atoms with van der Waals surface area (Å²) in [5, 5.41) is 3.55. The first kappa shape index (κ1) is 15.0. The average Bonchev–Trinajstić information content (AvgIpc) is 2.38. The van der Waals surface area contributed by atoms with Gasteiger partial charge in [0.2, 0.25) is 0 Å². The number of nitrogens with one attached hydrogen (secondary N) is 1. The number of hydrogen-bond donors (Lipinski definition) is 2. The summed E-state index contributed by atoms with van der Waals surface area (Å²) < 4.78 is 5.38. The second kappa shape index (κ2) is 7.39. The van der Waals surface area contributed by atoms with Crippen molar-refractivity contribution in [1.29, 1.82) is 0 Å². The molecule has 3 N–H and O–H groups in total. The molecule has 18 heavy (non-hydrogen) atoms. The molecule has 1 rings (SSSR count). The second-order valence-electron chi connectivity index (χ2n) is 5.11. The SMILES string of the molecule is COc1ccccc1[C@@H](C)NCC(CN)C(C)C. The maximum Gasteiger partial charge on any atom is 0.123 e. The van der Waals surface area contributed by atoms with Crippen molar-refractivity contribution in [2.45, 2.75) is 26.8 Å². The van der Waals surface area contributed by atoms with Gasteiger partial charge in [0, 0.05) is 11.6 Å². The fourth-order valence-corrected chi connectivity index (χ4v) is 2.05. The molecule has 0 spiro atoms. The van der Waals surface area contributed by atoms with Crippen molar-refractivity contribution in [2.75, 3.05) is 20.2 Å². The third-order valence-corrected chi connectivity index (χ3v) is 3.54. The number of benzene rings is 1. The zero-order valence-corrected chi connectivity index (χ0v) is 11.9. The van der Waals surface area contributed by atoms with E-state index in [2.05, 4.69) is 32.2 Å². The monoisotopic (exact) mass is 250 g/mol. The van der Waals surface area contributed by atoms with Gasteiger partial charge in [0.05, 0.1) is 7.11 Å². The molecule has 0 saturated carbocycles. The highest BCUT2D eigenvalue weighted by molar-refractivity contribution is 5.35. The Kier molecular flexibility index (Phi) is 6.16. The van der Waals surface area contributed by atoms with Crippen LogP contribution in [0.5, 0.6) is 5.75 Å². The molecule has 0 fully saturated rings. The summed E-state index contributed by atoms with van der Waals surface area (Å²) in [4.78, 5) is 0. The minimum atomic E-state index is 0.272. The number of rotatable bonds is 7. The number of hydrogen-bond acceptors (Lipinski definition) is 3. The smallest absolute Gasteiger partial charge is 0.123 e. The summed E-state index contributed by atoms with van der Waals surface area (Å²) in [6.45, 7) is 8.25. The molecule has 0 aliphatic heterocycles. The van der Waals surface area contributed by atoms with E-state index in [9.17, 15) is 0 Å². The quantitative estimate of drug-likeness (QED) is 0.782. The summed E-state index contributed by atoms with van der Waals surface area (Å²) in [5.74, 6) is 2.06. The normalized spacial score (nSPS) is 14.6. The van der Waals surface area contributed by atoms with Gasteiger partial charge in [-0.05, 0) is 37.9 Å². The molecule has 0 aromatic heterocycles. The Morgan fingerprint density at radius 1 is 1.22 bits per heavy atom. The van der Waals surface area contributed by atoms with E-state index in [4.69, 9.17) is 10.5 Å². The van der Waals surface area contributed by atoms with Gasteiger partial charge in [-0.1, -0.05) is 32.0 Å². The van der Waals surface area contributed by atoms with Crippen molar-refractivity contribution in [3.8, 4) is 5.75 Å². The molecular formula is C15H26N2O. The molecule has 0 bridgehead atoms. The maximum absolute atomic E-state index is 5.79. The van der Waals surface area contributed by atoms with Crippen LogP contribution in [0.2, 0.25) is 0 Å². The van der Waals surface area contributed by atoms with Crippen molar-refractivity contribution < 1.29 is 4.74 Å². The van der Waals surface area contributed by atoms with Crippen LogP contribution in [0.4, 0.5) is 0 Å². The molecule has 1 aromatic rings. The van der Waals surface area contributed by atoms with Gasteiger partial charge >= 0.3 is 0 Å². The molecule has 1 unspecified atom stereocenters. The minimum absolute atomic E-state index is 0.272. The van der Waals surface area contributed by atoms with E-state index in [-0.39, 0.29) is 6.04 Å². The second-order valence-corrected chi connectivity index (χ2v) is 5.11. The molecule has 3 heteroatoms. The molecule has 0 aliphatic rings. The van der Waals surface area contributed by atoms with Crippen LogP contribution in [-0.2, 0) is 0 Å². The van der Waals surface area contributed by atoms with Gasteiger partial charge in [0.1, 0.15) is 5.75 Å². The summed E-state index contributed by atoms with van der Waals surface area (Å²) >= 11 is 0. The molecule has 0 heterocycles. The van der Waals surface area contributed by atoms with Crippen LogP contribution in [0.1, 0.15) is 32.4 Å². The van der Waals surface area contributed by atoms with Crippen LogP contribution < -0.4 is 15.8 Å². The van der Waals surface area contributed by atoms with E-state index in [0.29, 0.717) is 11.8 Å². The van der Waals surface area contributed by atoms with Gasteiger partial charge < -0.3 is 15.8 Å². The Hall–Kier alpha value is -1.06. The van der Waals surface area contributed by atoms with Crippen LogP contribution in [0, 0.1) is 11.8 Å². The predicted molar refractivity (Wildman–Crippen MR) is 76.8 cm³/mol. The number of ether oxygens (including phenoxy) is 1. The Bertz CT molecular complexity index is 352. The van der Waals surface area contributed by atoms with Crippen molar-refractivity contribution in [1.82, 2.24) is 5.32 Å². The fraction of sp³-hybridized carbons (Fsp3) is 0.600. The van der Waals surface area contributed by atoms with Gasteiger partial charge in [-0.2, -0.15) is 0 Å². The van der Waals surface area contributed by atoms with E-state index in [0.717, 1.165) is 18.8 Å². The molecule has 3 nitrogen and oxygen atoms in total. The number of para-hydroxylation sites is 1. The lowest BCUT2D eigenvalue weighted by molar-refractivity contribution is 0.350. The zero-order chi connectivity index (χ0) is 13.5. The highest BCUT2D eigenvalue weighted by Gasteiger charge is 2.15. The predicted octanol–water partition coefficient (Wildman–Crippen LogP) is 2.58. The summed E-state index contributed by atoms with van der Waals surface area (Å²) in [6, 6.07) is 8.40. The molecule has 2 atom stereocenters. The van der Waals surface area contributed by atoms with Gasteiger partial charge in [-0.3, -0.25) is 0 Å². The topological polar surface area (TPSA) is 47.3 Å². The van der Waals surface area contributed by atoms with Crippen LogP contribution in [-0.4, -0.2) is 20.2 Å². The molecule has 102 valence electrons. The standard InChI is InChI=1S/C15H26N2O/c1-11(2)13(9-16)10-17-12(3)14-7-5-6-8-15(14)18-4/h5-8,11-13,17H,9-10,16H2,1-4H3/t12-,13?/m1/s1. The summed E-state index contributed by atoms with van der Waals surface area (Å²) in [5.41, 5.74) is 6.98. The van der Waals surface area contributed by atoms with E-state index >= 15 is 0 Å². The van der Waals surface area contributed by atoms with Crippen molar-refractivity contribution in [3.05, 3.63) is 29.8 Å². The lowest BCUT2D eigenvalue weighted by Crippen LogP contribution is -2.33. The Morgan fingerprint density at radius 3 is 2.44 bits per heavy atom. The molecule has 0 aliphatic carbocycles. The average molecular weight is 250 g/mol. The molecule has 0 amide bonds. The van der Waals surface area contributed by atoms with Gasteiger partial charge in [-0.25, -0.2) is 0 Å². The first-order chi connectivity index (χ1) is 8.60. The van der Waals surface area contributed by atoms with E-state index in [1.165, 1.54) is 5.56 Å². The Balaban J connectivity index is 2.62. The highest BCUT2D eigenvalue weighted by Crippen LogP contribution is 2.24. The fourth-order valence-electron chi connectivity index (χ4n) is 2.05. The van der Waals surface area contributed by atoms with Crippen LogP contribution >= 0.6 is 0 Å². The van der Waals surface area contributed by atoms with Gasteiger partial charge in [0.15, 0.2) is 0 Å². The number of methoxy groups -OCH3 is 1. The van der Waals surface area contributed by atoms with Crippen molar-refractivity contribution in [3.63, 3.8) is 0 Å². The van der Waals surface area contributed by atoms with E-state index < -0.39 is 0 Å². The third kappa shape index (κ3) is 4.00. The maximum atomic E-state index is 5.79. The molecule has 1 aromatic carbocycles. The Labute approximate surface area is 111 Å². The number of nitrogens with two attached hydrogens (primary N) is 1. The van der Waals surface area contributed by atoms with E-state index in [1.54, 1.807) is 7.11 Å². The highest BCUT2D eigenvalue weighted by atomic mass is 16.5. The Morgan fingerprint density at radius 2 is 1.89 bits per heavy atom.